The summed E-state index contributed by atoms with van der Waals surface area (Å²) in [6.07, 6.45) is 8.67. The highest BCUT2D eigenvalue weighted by Crippen LogP contribution is 2.62. The van der Waals surface area contributed by atoms with Gasteiger partial charge in [0, 0.05) is 50.8 Å². The number of methoxy groups -OCH3 is 1. The Morgan fingerprint density at radius 3 is 2.57 bits per heavy atom. The average Bonchev–Trinajstić information content (AvgIpc) is 4.05. The fourth-order valence-electron chi connectivity index (χ4n) is 9.47. The van der Waals surface area contributed by atoms with Crippen LogP contribution in [0.25, 0.3) is 10.8 Å². The second-order valence-corrected chi connectivity index (χ2v) is 15.4. The van der Waals surface area contributed by atoms with Crippen LogP contribution in [0.4, 0.5) is 4.79 Å². The Labute approximate surface area is 330 Å². The summed E-state index contributed by atoms with van der Waals surface area (Å²) in [7, 11) is 2.96. The predicted octanol–water partition coefficient (Wildman–Crippen LogP) is 7.07. The van der Waals surface area contributed by atoms with Crippen molar-refractivity contribution in [1.82, 2.24) is 9.80 Å². The molecule has 6 unspecified atom stereocenters. The SMILES string of the molecule is C=CCOC12Oc3ccc(OCCN4CC4)cc3C3C(CCCCO)C(CCCCO)C=C(C(=NOC)CC1N(Cc1cccc4ccccc14)C(=O)OC)C32. The highest BCUT2D eigenvalue weighted by molar-refractivity contribution is 6.03. The number of aliphatic hydroxyl groups is 2. The van der Waals surface area contributed by atoms with Crippen LogP contribution in [0.15, 0.2) is 90.1 Å². The predicted molar refractivity (Wildman–Crippen MR) is 216 cm³/mol. The zero-order chi connectivity index (χ0) is 39.1. The van der Waals surface area contributed by atoms with E-state index in [1.54, 1.807) is 18.1 Å². The van der Waals surface area contributed by atoms with Crippen LogP contribution in [0.2, 0.25) is 0 Å². The van der Waals surface area contributed by atoms with Crippen molar-refractivity contribution in [3.8, 4) is 11.5 Å². The molecule has 4 aliphatic rings. The van der Waals surface area contributed by atoms with Crippen LogP contribution in [0.3, 0.4) is 0 Å². The molecule has 2 fully saturated rings. The first kappa shape index (κ1) is 39.8. The van der Waals surface area contributed by atoms with E-state index in [0.717, 1.165) is 84.3 Å². The Bertz CT molecular complexity index is 1890. The normalized spacial score (nSPS) is 25.8. The molecule has 3 aromatic carbocycles. The summed E-state index contributed by atoms with van der Waals surface area (Å²) in [5.41, 5.74) is 3.71. The van der Waals surface area contributed by atoms with Gasteiger partial charge in [0.15, 0.2) is 0 Å². The molecular formula is C45H57N3O8. The lowest BCUT2D eigenvalue weighted by Crippen LogP contribution is -2.70. The van der Waals surface area contributed by atoms with Crippen LogP contribution in [-0.2, 0) is 20.9 Å². The van der Waals surface area contributed by atoms with E-state index in [1.807, 2.05) is 36.4 Å². The van der Waals surface area contributed by atoms with Gasteiger partial charge in [-0.05, 0) is 77.6 Å². The first-order valence-electron chi connectivity index (χ1n) is 20.2. The van der Waals surface area contributed by atoms with Crippen molar-refractivity contribution in [1.29, 1.82) is 0 Å². The summed E-state index contributed by atoms with van der Waals surface area (Å²) in [5.74, 6) is -0.219. The monoisotopic (exact) mass is 767 g/mol. The molecular weight excluding hydrogens is 711 g/mol. The van der Waals surface area contributed by atoms with Crippen molar-refractivity contribution in [3.63, 3.8) is 0 Å². The first-order valence-corrected chi connectivity index (χ1v) is 20.2. The highest BCUT2D eigenvalue weighted by Gasteiger charge is 2.65. The zero-order valence-electron chi connectivity index (χ0n) is 32.8. The van der Waals surface area contributed by atoms with E-state index in [-0.39, 0.29) is 50.5 Å². The quantitative estimate of drug-likeness (QED) is 0.0571. The smallest absolute Gasteiger partial charge is 0.410 e. The maximum absolute atomic E-state index is 14.3. The summed E-state index contributed by atoms with van der Waals surface area (Å²) >= 11 is 0. The summed E-state index contributed by atoms with van der Waals surface area (Å²) in [6.45, 7) is 8.37. The van der Waals surface area contributed by atoms with Crippen molar-refractivity contribution in [3.05, 3.63) is 96.1 Å². The standard InChI is InChI=1S/C45H57N3O8/c1-4-25-55-45-41(48(44(51)52-2)30-33-15-11-14-31-12-5-6-16-35(31)33)29-39(46-53-3)37-27-32(13-7-9-23-49)36(17-8-10-24-50)42(43(37)45)38-28-34(18-19-40(38)56-45)54-26-22-47-20-21-47/h4-6,11-12,14-16,18-19,27-28,32,36,41-43,49-50H,1,7-10,13,17,20-26,29-30H2,2-3H3. The number of oxime groups is 1. The zero-order valence-corrected chi connectivity index (χ0v) is 32.8. The molecule has 1 amide bonds. The van der Waals surface area contributed by atoms with Crippen molar-refractivity contribution in [2.24, 2.45) is 22.9 Å². The van der Waals surface area contributed by atoms with Gasteiger partial charge in [0.1, 0.15) is 31.3 Å². The number of amides is 1. The molecule has 0 radical (unpaired) electrons. The van der Waals surface area contributed by atoms with Gasteiger partial charge < -0.3 is 34.0 Å². The fraction of sp³-hybridized carbons (Fsp3) is 0.511. The van der Waals surface area contributed by atoms with Crippen molar-refractivity contribution >= 4 is 22.6 Å². The van der Waals surface area contributed by atoms with Crippen LogP contribution in [0.1, 0.15) is 62.0 Å². The summed E-state index contributed by atoms with van der Waals surface area (Å²) in [6, 6.07) is 19.7. The summed E-state index contributed by atoms with van der Waals surface area (Å²) in [4.78, 5) is 23.9. The number of hydrogen-bond acceptors (Lipinski definition) is 10. The number of aliphatic hydroxyl groups excluding tert-OH is 2. The van der Waals surface area contributed by atoms with E-state index in [0.29, 0.717) is 25.2 Å². The van der Waals surface area contributed by atoms with Gasteiger partial charge in [0.25, 0.3) is 0 Å². The summed E-state index contributed by atoms with van der Waals surface area (Å²) < 4.78 is 26.3. The molecule has 2 aliphatic heterocycles. The van der Waals surface area contributed by atoms with Gasteiger partial charge in [0.05, 0.1) is 31.9 Å². The molecule has 11 heteroatoms. The second-order valence-electron chi connectivity index (χ2n) is 15.4. The molecule has 300 valence electrons. The molecule has 3 aromatic rings. The Balaban J connectivity index is 1.42. The van der Waals surface area contributed by atoms with Gasteiger partial charge in [-0.1, -0.05) is 72.6 Å². The molecule has 0 spiro atoms. The number of allylic oxidation sites excluding steroid dienone is 1. The Morgan fingerprint density at radius 1 is 1.04 bits per heavy atom. The number of ether oxygens (including phenoxy) is 4. The fourth-order valence-corrected chi connectivity index (χ4v) is 9.47. The number of unbranched alkanes of at least 4 members (excludes halogenated alkanes) is 2. The van der Waals surface area contributed by atoms with Crippen LogP contribution in [0, 0.1) is 17.8 Å². The van der Waals surface area contributed by atoms with E-state index in [1.165, 1.54) is 7.11 Å². The molecule has 6 atom stereocenters. The Morgan fingerprint density at radius 2 is 1.82 bits per heavy atom. The lowest BCUT2D eigenvalue weighted by atomic mass is 9.55. The van der Waals surface area contributed by atoms with Crippen molar-refractivity contribution in [2.75, 3.05) is 60.3 Å². The van der Waals surface area contributed by atoms with Gasteiger partial charge in [0.2, 0.25) is 5.79 Å². The van der Waals surface area contributed by atoms with E-state index < -0.39 is 23.8 Å². The molecule has 11 nitrogen and oxygen atoms in total. The molecule has 7 rings (SSSR count). The topological polar surface area (TPSA) is 122 Å². The van der Waals surface area contributed by atoms with Gasteiger partial charge in [-0.15, -0.1) is 6.58 Å². The van der Waals surface area contributed by atoms with Crippen molar-refractivity contribution in [2.45, 2.75) is 69.2 Å². The Kier molecular flexibility index (Phi) is 13.0. The van der Waals surface area contributed by atoms with Gasteiger partial charge >= 0.3 is 6.09 Å². The number of rotatable bonds is 19. The maximum atomic E-state index is 14.3. The number of carbonyl (C=O) groups excluding carboxylic acids is 1. The molecule has 56 heavy (non-hydrogen) atoms. The summed E-state index contributed by atoms with van der Waals surface area (Å²) in [5, 5.41) is 26.5. The Hall–Kier alpha value is -4.42. The van der Waals surface area contributed by atoms with E-state index in [4.69, 9.17) is 23.8 Å². The molecule has 1 saturated carbocycles. The third-order valence-corrected chi connectivity index (χ3v) is 12.1. The minimum absolute atomic E-state index is 0.114. The van der Waals surface area contributed by atoms with Crippen LogP contribution in [-0.4, -0.2) is 104 Å². The van der Waals surface area contributed by atoms with Gasteiger partial charge in [-0.3, -0.25) is 9.80 Å². The lowest BCUT2D eigenvalue weighted by Gasteiger charge is -2.59. The number of fused-ring (bicyclic) bond motifs is 3. The third-order valence-electron chi connectivity index (χ3n) is 12.1. The third kappa shape index (κ3) is 8.18. The molecule has 0 bridgehead atoms. The second kappa shape index (κ2) is 18.2. The van der Waals surface area contributed by atoms with Crippen LogP contribution < -0.4 is 9.47 Å². The lowest BCUT2D eigenvalue weighted by molar-refractivity contribution is -0.256. The van der Waals surface area contributed by atoms with Gasteiger partial charge in [-0.25, -0.2) is 4.79 Å². The van der Waals surface area contributed by atoms with E-state index in [2.05, 4.69) is 47.0 Å². The molecule has 2 N–H and O–H groups in total. The first-order chi connectivity index (χ1) is 27.5. The number of benzene rings is 3. The largest absolute Gasteiger partial charge is 0.492 e. The molecule has 2 aliphatic carbocycles. The highest BCUT2D eigenvalue weighted by atomic mass is 16.7. The average molecular weight is 768 g/mol. The minimum Gasteiger partial charge on any atom is -0.492 e. The number of hydrogen-bond donors (Lipinski definition) is 2. The molecule has 0 aromatic heterocycles. The maximum Gasteiger partial charge on any atom is 0.410 e. The molecule has 2 heterocycles. The number of nitrogens with zero attached hydrogens (tertiary/aromatic N) is 3. The molecule has 1 saturated heterocycles. The number of carbonyl (C=O) groups is 1. The van der Waals surface area contributed by atoms with Crippen LogP contribution >= 0.6 is 0 Å². The minimum atomic E-state index is -1.38. The van der Waals surface area contributed by atoms with Crippen molar-refractivity contribution < 1.29 is 38.8 Å². The van der Waals surface area contributed by atoms with Crippen LogP contribution in [0.5, 0.6) is 11.5 Å². The van der Waals surface area contributed by atoms with E-state index in [9.17, 15) is 15.0 Å². The van der Waals surface area contributed by atoms with Gasteiger partial charge in [-0.2, -0.15) is 0 Å². The van der Waals surface area contributed by atoms with E-state index >= 15 is 0 Å².